The van der Waals surface area contributed by atoms with Crippen LogP contribution in [0.15, 0.2) is 24.3 Å². The minimum absolute atomic E-state index is 0.0241. The third-order valence-corrected chi connectivity index (χ3v) is 3.83. The highest BCUT2D eigenvalue weighted by molar-refractivity contribution is 5.76. The maximum Gasteiger partial charge on any atom is 0.303 e. The molecule has 5 nitrogen and oxygen atoms in total. The van der Waals surface area contributed by atoms with Crippen LogP contribution in [-0.2, 0) is 16.0 Å². The van der Waals surface area contributed by atoms with Gasteiger partial charge in [-0.1, -0.05) is 32.0 Å². The molecular weight excluding hydrogens is 294 g/mol. The molecule has 0 aliphatic heterocycles. The monoisotopic (exact) mass is 321 g/mol. The zero-order chi connectivity index (χ0) is 17.2. The largest absolute Gasteiger partial charge is 0.496 e. The predicted octanol–water partition coefficient (Wildman–Crippen LogP) is 3.02. The summed E-state index contributed by atoms with van der Waals surface area (Å²) in [5.74, 6) is 0.280. The Morgan fingerprint density at radius 1 is 1.17 bits per heavy atom. The first kappa shape index (κ1) is 19.0. The lowest BCUT2D eigenvalue weighted by Gasteiger charge is -2.23. The molecule has 0 aliphatic carbocycles. The number of aliphatic carboxylic acids is 1. The van der Waals surface area contributed by atoms with E-state index in [0.29, 0.717) is 31.6 Å². The van der Waals surface area contributed by atoms with Gasteiger partial charge < -0.3 is 15.2 Å². The van der Waals surface area contributed by atoms with E-state index < -0.39 is 5.97 Å². The highest BCUT2D eigenvalue weighted by atomic mass is 16.5. The summed E-state index contributed by atoms with van der Waals surface area (Å²) in [6.07, 6.45) is 2.31. The molecule has 23 heavy (non-hydrogen) atoms. The molecule has 0 radical (unpaired) electrons. The number of rotatable bonds is 10. The minimum Gasteiger partial charge on any atom is -0.496 e. The maximum absolute atomic E-state index is 12.1. The molecule has 1 atom stereocenters. The van der Waals surface area contributed by atoms with Crippen LogP contribution < -0.4 is 10.1 Å². The maximum atomic E-state index is 12.1. The van der Waals surface area contributed by atoms with E-state index in [0.717, 1.165) is 11.3 Å². The van der Waals surface area contributed by atoms with Crippen molar-refractivity contribution < 1.29 is 19.4 Å². The van der Waals surface area contributed by atoms with E-state index in [2.05, 4.69) is 19.2 Å². The predicted molar refractivity (Wildman–Crippen MR) is 89.6 cm³/mol. The molecule has 0 saturated heterocycles. The average molecular weight is 321 g/mol. The van der Waals surface area contributed by atoms with Crippen LogP contribution in [0.25, 0.3) is 0 Å². The van der Waals surface area contributed by atoms with Gasteiger partial charge in [0, 0.05) is 18.9 Å². The van der Waals surface area contributed by atoms with Gasteiger partial charge in [-0.3, -0.25) is 9.59 Å². The zero-order valence-electron chi connectivity index (χ0n) is 14.2. The quantitative estimate of drug-likeness (QED) is 0.650. The zero-order valence-corrected chi connectivity index (χ0v) is 14.2. The van der Waals surface area contributed by atoms with Gasteiger partial charge in [-0.15, -0.1) is 0 Å². The van der Waals surface area contributed by atoms with Gasteiger partial charge in [-0.05, 0) is 36.8 Å². The molecule has 128 valence electrons. The van der Waals surface area contributed by atoms with Crippen LogP contribution in [-0.4, -0.2) is 30.1 Å². The molecule has 0 bridgehead atoms. The summed E-state index contributed by atoms with van der Waals surface area (Å²) < 4.78 is 5.36. The second-order valence-electron chi connectivity index (χ2n) is 6.03. The molecule has 0 spiro atoms. The normalized spacial score (nSPS) is 12.0. The Hall–Kier alpha value is -2.04. The number of para-hydroxylation sites is 1. The van der Waals surface area contributed by atoms with Crippen LogP contribution >= 0.6 is 0 Å². The Kier molecular flexibility index (Phi) is 8.16. The molecule has 1 aromatic rings. The number of carboxylic acid groups (broad SMARTS) is 1. The molecule has 0 aromatic heterocycles. The summed E-state index contributed by atoms with van der Waals surface area (Å²) in [5.41, 5.74) is 1.07. The fourth-order valence-electron chi connectivity index (χ4n) is 2.40. The second-order valence-corrected chi connectivity index (χ2v) is 6.03. The Labute approximate surface area is 138 Å². The average Bonchev–Trinajstić information content (AvgIpc) is 2.51. The van der Waals surface area contributed by atoms with Crippen molar-refractivity contribution in [3.8, 4) is 5.75 Å². The fraction of sp³-hybridized carbons (Fsp3) is 0.556. The standard InChI is InChI=1S/C18H27NO4/c1-13(2)15(12-14-8-4-5-9-16(14)23-3)19-17(20)10-6-7-11-18(21)22/h4-5,8-9,13,15H,6-7,10-12H2,1-3H3,(H,19,20)(H,21,22). The summed E-state index contributed by atoms with van der Waals surface area (Å²) in [7, 11) is 1.64. The Bertz CT molecular complexity index is 513. The van der Waals surface area contributed by atoms with Crippen molar-refractivity contribution in [2.45, 2.75) is 52.0 Å². The number of methoxy groups -OCH3 is 1. The van der Waals surface area contributed by atoms with Crippen LogP contribution in [0.4, 0.5) is 0 Å². The lowest BCUT2D eigenvalue weighted by Crippen LogP contribution is -2.40. The fourth-order valence-corrected chi connectivity index (χ4v) is 2.40. The van der Waals surface area contributed by atoms with E-state index in [9.17, 15) is 9.59 Å². The lowest BCUT2D eigenvalue weighted by atomic mass is 9.95. The molecule has 5 heteroatoms. The van der Waals surface area contributed by atoms with Crippen LogP contribution in [0.1, 0.15) is 45.1 Å². The first-order valence-electron chi connectivity index (χ1n) is 8.07. The number of carbonyl (C=O) groups is 2. The summed E-state index contributed by atoms with van der Waals surface area (Å²) in [6, 6.07) is 7.84. The molecule has 0 fully saturated rings. The van der Waals surface area contributed by atoms with Gasteiger partial charge in [0.25, 0.3) is 0 Å². The van der Waals surface area contributed by atoms with Crippen LogP contribution in [0.5, 0.6) is 5.75 Å². The highest BCUT2D eigenvalue weighted by Gasteiger charge is 2.18. The summed E-state index contributed by atoms with van der Waals surface area (Å²) in [4.78, 5) is 22.5. The molecule has 0 heterocycles. The van der Waals surface area contributed by atoms with Crippen molar-refractivity contribution in [1.29, 1.82) is 0 Å². The SMILES string of the molecule is COc1ccccc1CC(NC(=O)CCCCC(=O)O)C(C)C. The summed E-state index contributed by atoms with van der Waals surface area (Å²) in [6.45, 7) is 4.15. The first-order chi connectivity index (χ1) is 10.9. The second kappa shape index (κ2) is 9.87. The van der Waals surface area contributed by atoms with E-state index >= 15 is 0 Å². The van der Waals surface area contributed by atoms with Crippen molar-refractivity contribution >= 4 is 11.9 Å². The topological polar surface area (TPSA) is 75.6 Å². The summed E-state index contributed by atoms with van der Waals surface area (Å²) >= 11 is 0. The lowest BCUT2D eigenvalue weighted by molar-refractivity contribution is -0.137. The number of nitrogens with one attached hydrogen (secondary N) is 1. The first-order valence-corrected chi connectivity index (χ1v) is 8.07. The van der Waals surface area contributed by atoms with Gasteiger partial charge in [0.2, 0.25) is 5.91 Å². The van der Waals surface area contributed by atoms with Crippen LogP contribution in [0.2, 0.25) is 0 Å². The van der Waals surface area contributed by atoms with Gasteiger partial charge in [0.1, 0.15) is 5.75 Å². The molecule has 1 amide bonds. The van der Waals surface area contributed by atoms with Gasteiger partial charge >= 0.3 is 5.97 Å². The molecule has 0 aliphatic rings. The molecule has 1 aromatic carbocycles. The van der Waals surface area contributed by atoms with Crippen molar-refractivity contribution in [1.82, 2.24) is 5.32 Å². The molecule has 1 unspecified atom stereocenters. The number of carboxylic acids is 1. The third-order valence-electron chi connectivity index (χ3n) is 3.83. The van der Waals surface area contributed by atoms with Gasteiger partial charge in [0.15, 0.2) is 0 Å². The Morgan fingerprint density at radius 2 is 1.83 bits per heavy atom. The van der Waals surface area contributed by atoms with Crippen molar-refractivity contribution in [2.24, 2.45) is 5.92 Å². The number of hydrogen-bond donors (Lipinski definition) is 2. The Morgan fingerprint density at radius 3 is 2.43 bits per heavy atom. The minimum atomic E-state index is -0.818. The number of hydrogen-bond acceptors (Lipinski definition) is 3. The number of unbranched alkanes of at least 4 members (excludes halogenated alkanes) is 1. The van der Waals surface area contributed by atoms with Gasteiger partial charge in [-0.2, -0.15) is 0 Å². The van der Waals surface area contributed by atoms with Crippen molar-refractivity contribution in [3.05, 3.63) is 29.8 Å². The summed E-state index contributed by atoms with van der Waals surface area (Å²) in [5, 5.41) is 11.7. The van der Waals surface area contributed by atoms with Crippen LogP contribution in [0.3, 0.4) is 0 Å². The van der Waals surface area contributed by atoms with E-state index in [4.69, 9.17) is 9.84 Å². The van der Waals surface area contributed by atoms with Gasteiger partial charge in [-0.25, -0.2) is 0 Å². The highest BCUT2D eigenvalue weighted by Crippen LogP contribution is 2.21. The third kappa shape index (κ3) is 7.17. The molecule has 0 saturated carbocycles. The van der Waals surface area contributed by atoms with E-state index in [1.54, 1.807) is 7.11 Å². The van der Waals surface area contributed by atoms with Crippen molar-refractivity contribution in [2.75, 3.05) is 7.11 Å². The molecule has 1 rings (SSSR count). The smallest absolute Gasteiger partial charge is 0.303 e. The van der Waals surface area contributed by atoms with E-state index in [1.807, 2.05) is 24.3 Å². The molecular formula is C18H27NO4. The Balaban J connectivity index is 2.55. The number of amides is 1. The number of benzene rings is 1. The van der Waals surface area contributed by atoms with Gasteiger partial charge in [0.05, 0.1) is 7.11 Å². The molecule has 2 N–H and O–H groups in total. The number of carbonyl (C=O) groups excluding carboxylic acids is 1. The van der Waals surface area contributed by atoms with E-state index in [-0.39, 0.29) is 18.4 Å². The van der Waals surface area contributed by atoms with Crippen molar-refractivity contribution in [3.63, 3.8) is 0 Å². The van der Waals surface area contributed by atoms with Crippen LogP contribution in [0, 0.1) is 5.92 Å². The van der Waals surface area contributed by atoms with E-state index in [1.165, 1.54) is 0 Å². The number of ether oxygens (including phenoxy) is 1.